The van der Waals surface area contributed by atoms with Gasteiger partial charge >= 0.3 is 0 Å². The van der Waals surface area contributed by atoms with Crippen molar-refractivity contribution in [3.8, 4) is 0 Å². The second-order valence-corrected chi connectivity index (χ2v) is 4.58. The van der Waals surface area contributed by atoms with Crippen LogP contribution in [0.2, 0.25) is 0 Å². The predicted octanol–water partition coefficient (Wildman–Crippen LogP) is 3.51. The summed E-state index contributed by atoms with van der Waals surface area (Å²) in [5.74, 6) is 0. The highest BCUT2D eigenvalue weighted by atomic mass is 16.6. The Morgan fingerprint density at radius 3 is 2.25 bits per heavy atom. The van der Waals surface area contributed by atoms with Crippen LogP contribution in [0, 0.1) is 10.1 Å². The number of benzene rings is 2. The maximum Gasteiger partial charge on any atom is 0.292 e. The molecular weight excluding hydrogens is 254 g/mol. The van der Waals surface area contributed by atoms with Crippen molar-refractivity contribution < 1.29 is 4.92 Å². The van der Waals surface area contributed by atoms with Crippen LogP contribution in [-0.2, 0) is 6.42 Å². The van der Waals surface area contributed by atoms with Gasteiger partial charge in [0.15, 0.2) is 0 Å². The van der Waals surface area contributed by atoms with Crippen molar-refractivity contribution >= 4 is 22.7 Å². The van der Waals surface area contributed by atoms with Crippen LogP contribution in [0.15, 0.2) is 42.5 Å². The Kier molecular flexibility index (Phi) is 3.89. The zero-order chi connectivity index (χ0) is 14.7. The summed E-state index contributed by atoms with van der Waals surface area (Å²) >= 11 is 0. The lowest BCUT2D eigenvalue weighted by molar-refractivity contribution is -0.383. The van der Waals surface area contributed by atoms with Crippen LogP contribution in [0.25, 0.3) is 0 Å². The molecule has 104 valence electrons. The average molecular weight is 271 g/mol. The van der Waals surface area contributed by atoms with Gasteiger partial charge < -0.3 is 10.6 Å². The molecular formula is C15H17N3O2. The fourth-order valence-corrected chi connectivity index (χ4v) is 2.02. The van der Waals surface area contributed by atoms with Gasteiger partial charge in [-0.2, -0.15) is 0 Å². The molecule has 20 heavy (non-hydrogen) atoms. The van der Waals surface area contributed by atoms with Gasteiger partial charge in [-0.25, -0.2) is 0 Å². The minimum atomic E-state index is -0.477. The first-order valence-electron chi connectivity index (χ1n) is 6.39. The van der Waals surface area contributed by atoms with Crippen molar-refractivity contribution in [1.29, 1.82) is 0 Å². The van der Waals surface area contributed by atoms with Crippen molar-refractivity contribution in [3.05, 3.63) is 58.1 Å². The van der Waals surface area contributed by atoms with Crippen LogP contribution in [-0.4, -0.2) is 12.0 Å². The molecule has 0 fully saturated rings. The molecule has 2 aromatic rings. The van der Waals surface area contributed by atoms with Crippen LogP contribution in [0.4, 0.5) is 22.7 Å². The van der Waals surface area contributed by atoms with Gasteiger partial charge in [0.2, 0.25) is 0 Å². The van der Waals surface area contributed by atoms with Gasteiger partial charge in [-0.05, 0) is 36.2 Å². The van der Waals surface area contributed by atoms with Crippen molar-refractivity contribution in [2.75, 3.05) is 17.7 Å². The summed E-state index contributed by atoms with van der Waals surface area (Å²) in [6.07, 6.45) is 0.995. The lowest BCUT2D eigenvalue weighted by Crippen LogP contribution is -2.10. The number of aryl methyl sites for hydroxylation is 1. The maximum atomic E-state index is 10.8. The summed E-state index contributed by atoms with van der Waals surface area (Å²) in [6.45, 7) is 2.11. The first kappa shape index (κ1) is 13.9. The fourth-order valence-electron chi connectivity index (χ4n) is 2.02. The number of nitro benzene ring substituents is 1. The summed E-state index contributed by atoms with van der Waals surface area (Å²) in [5.41, 5.74) is 8.92. The molecule has 5 heteroatoms. The van der Waals surface area contributed by atoms with Crippen LogP contribution in [0.5, 0.6) is 0 Å². The molecule has 0 bridgehead atoms. The van der Waals surface area contributed by atoms with E-state index in [-0.39, 0.29) is 11.4 Å². The highest BCUT2D eigenvalue weighted by molar-refractivity contribution is 5.71. The van der Waals surface area contributed by atoms with E-state index in [2.05, 4.69) is 19.1 Å². The number of nitrogen functional groups attached to an aromatic ring is 1. The van der Waals surface area contributed by atoms with Gasteiger partial charge in [0.05, 0.1) is 4.92 Å². The summed E-state index contributed by atoms with van der Waals surface area (Å²) in [7, 11) is 1.90. The number of anilines is 3. The predicted molar refractivity (Wildman–Crippen MR) is 81.4 cm³/mol. The highest BCUT2D eigenvalue weighted by Crippen LogP contribution is 2.30. The van der Waals surface area contributed by atoms with Crippen LogP contribution >= 0.6 is 0 Å². The lowest BCUT2D eigenvalue weighted by atomic mass is 10.1. The molecule has 0 atom stereocenters. The number of rotatable bonds is 4. The molecule has 0 aliphatic carbocycles. The Labute approximate surface area is 117 Å². The van der Waals surface area contributed by atoms with Crippen molar-refractivity contribution in [1.82, 2.24) is 0 Å². The number of nitro groups is 1. The molecule has 5 nitrogen and oxygen atoms in total. The van der Waals surface area contributed by atoms with Crippen molar-refractivity contribution in [3.63, 3.8) is 0 Å². The molecule has 0 aliphatic heterocycles. The lowest BCUT2D eigenvalue weighted by Gasteiger charge is -2.20. The maximum absolute atomic E-state index is 10.8. The normalized spacial score (nSPS) is 10.3. The Balaban J connectivity index is 2.30. The highest BCUT2D eigenvalue weighted by Gasteiger charge is 2.13. The third-order valence-electron chi connectivity index (χ3n) is 3.33. The minimum absolute atomic E-state index is 0.0662. The van der Waals surface area contributed by atoms with E-state index in [9.17, 15) is 10.1 Å². The van der Waals surface area contributed by atoms with Crippen molar-refractivity contribution in [2.24, 2.45) is 0 Å². The molecule has 2 N–H and O–H groups in total. The zero-order valence-electron chi connectivity index (χ0n) is 11.5. The number of hydrogen-bond acceptors (Lipinski definition) is 4. The third kappa shape index (κ3) is 2.71. The number of nitrogens with zero attached hydrogens (tertiary/aromatic N) is 2. The van der Waals surface area contributed by atoms with Gasteiger partial charge in [-0.1, -0.05) is 19.1 Å². The standard InChI is InChI=1S/C15H17N3O2/c1-3-11-4-6-12(7-5-11)17(2)13-8-9-15(18(19)20)14(16)10-13/h4-10H,3,16H2,1-2H3. The Morgan fingerprint density at radius 2 is 1.75 bits per heavy atom. The summed E-state index contributed by atoms with van der Waals surface area (Å²) < 4.78 is 0. The molecule has 0 unspecified atom stereocenters. The quantitative estimate of drug-likeness (QED) is 0.524. The monoisotopic (exact) mass is 271 g/mol. The second kappa shape index (κ2) is 5.61. The summed E-state index contributed by atoms with van der Waals surface area (Å²) in [4.78, 5) is 12.2. The Morgan fingerprint density at radius 1 is 1.15 bits per heavy atom. The largest absolute Gasteiger partial charge is 0.393 e. The van der Waals surface area contributed by atoms with Gasteiger partial charge in [-0.15, -0.1) is 0 Å². The smallest absolute Gasteiger partial charge is 0.292 e. The second-order valence-electron chi connectivity index (χ2n) is 4.58. The number of nitrogens with two attached hydrogens (primary N) is 1. The first-order chi connectivity index (χ1) is 9.52. The Bertz CT molecular complexity index is 624. The van der Waals surface area contributed by atoms with Gasteiger partial charge in [-0.3, -0.25) is 10.1 Å². The molecule has 0 heterocycles. The molecule has 2 rings (SSSR count). The zero-order valence-corrected chi connectivity index (χ0v) is 11.5. The fraction of sp³-hybridized carbons (Fsp3) is 0.200. The van der Waals surface area contributed by atoms with E-state index in [0.29, 0.717) is 0 Å². The topological polar surface area (TPSA) is 72.4 Å². The SMILES string of the molecule is CCc1ccc(N(C)c2ccc([N+](=O)[O-])c(N)c2)cc1. The van der Waals surface area contributed by atoms with E-state index < -0.39 is 4.92 Å². The molecule has 0 spiro atoms. The molecule has 2 aromatic carbocycles. The molecule has 0 saturated heterocycles. The van der Waals surface area contributed by atoms with Gasteiger partial charge in [0, 0.05) is 24.5 Å². The van der Waals surface area contributed by atoms with E-state index in [1.165, 1.54) is 11.6 Å². The van der Waals surface area contributed by atoms with Gasteiger partial charge in [0.1, 0.15) is 5.69 Å². The first-order valence-corrected chi connectivity index (χ1v) is 6.39. The molecule has 0 radical (unpaired) electrons. The van der Waals surface area contributed by atoms with E-state index in [4.69, 9.17) is 5.73 Å². The van der Waals surface area contributed by atoms with Crippen molar-refractivity contribution in [2.45, 2.75) is 13.3 Å². The van der Waals surface area contributed by atoms with E-state index >= 15 is 0 Å². The molecule has 0 aliphatic rings. The third-order valence-corrected chi connectivity index (χ3v) is 3.33. The van der Waals surface area contributed by atoms with E-state index in [1.54, 1.807) is 12.1 Å². The van der Waals surface area contributed by atoms with E-state index in [0.717, 1.165) is 17.8 Å². The molecule has 0 saturated carbocycles. The van der Waals surface area contributed by atoms with E-state index in [1.807, 2.05) is 24.1 Å². The number of hydrogen-bond donors (Lipinski definition) is 1. The van der Waals surface area contributed by atoms with Gasteiger partial charge in [0.25, 0.3) is 5.69 Å². The minimum Gasteiger partial charge on any atom is -0.393 e. The van der Waals surface area contributed by atoms with Crippen LogP contribution < -0.4 is 10.6 Å². The molecule has 0 amide bonds. The van der Waals surface area contributed by atoms with Crippen LogP contribution in [0.1, 0.15) is 12.5 Å². The summed E-state index contributed by atoms with van der Waals surface area (Å²) in [6, 6.07) is 12.9. The average Bonchev–Trinajstić information content (AvgIpc) is 2.46. The Hall–Kier alpha value is -2.56. The molecule has 0 aromatic heterocycles. The van der Waals surface area contributed by atoms with Crippen LogP contribution in [0.3, 0.4) is 0 Å². The summed E-state index contributed by atoms with van der Waals surface area (Å²) in [5, 5.41) is 10.8.